The lowest BCUT2D eigenvalue weighted by molar-refractivity contribution is -0.129. The van der Waals surface area contributed by atoms with Crippen molar-refractivity contribution < 1.29 is 4.79 Å². The summed E-state index contributed by atoms with van der Waals surface area (Å²) in [6.07, 6.45) is 7.43. The van der Waals surface area contributed by atoms with Crippen LogP contribution >= 0.6 is 0 Å². The number of likely N-dealkylation sites (tertiary alicyclic amines) is 2. The molecule has 1 amide bonds. The molecule has 2 heterocycles. The van der Waals surface area contributed by atoms with E-state index >= 15 is 0 Å². The quantitative estimate of drug-likeness (QED) is 0.854. The summed E-state index contributed by atoms with van der Waals surface area (Å²) in [6, 6.07) is 1.30. The first-order valence-electron chi connectivity index (χ1n) is 8.43. The van der Waals surface area contributed by atoms with Crippen LogP contribution < -0.4 is 5.32 Å². The van der Waals surface area contributed by atoms with E-state index < -0.39 is 0 Å². The third kappa shape index (κ3) is 4.74. The first-order chi connectivity index (χ1) is 9.69. The van der Waals surface area contributed by atoms with Gasteiger partial charge in [0.15, 0.2) is 0 Å². The summed E-state index contributed by atoms with van der Waals surface area (Å²) in [5.41, 5.74) is 0. The summed E-state index contributed by atoms with van der Waals surface area (Å²) < 4.78 is 0. The van der Waals surface area contributed by atoms with Gasteiger partial charge < -0.3 is 15.1 Å². The molecule has 2 aliphatic rings. The molecule has 1 N–H and O–H groups in total. The largest absolute Gasteiger partial charge is 0.343 e. The molecular weight excluding hydrogens is 250 g/mol. The van der Waals surface area contributed by atoms with E-state index in [1.165, 1.54) is 45.3 Å². The molecule has 0 radical (unpaired) electrons. The molecule has 0 saturated carbocycles. The minimum Gasteiger partial charge on any atom is -0.343 e. The van der Waals surface area contributed by atoms with Crippen molar-refractivity contribution in [3.8, 4) is 0 Å². The molecule has 0 aromatic carbocycles. The van der Waals surface area contributed by atoms with Crippen LogP contribution in [0.2, 0.25) is 0 Å². The molecule has 0 aliphatic carbocycles. The number of rotatable bonds is 4. The van der Waals surface area contributed by atoms with Crippen molar-refractivity contribution in [2.45, 2.75) is 64.5 Å². The first kappa shape index (κ1) is 15.8. The second-order valence-electron chi connectivity index (χ2n) is 6.42. The smallest absolute Gasteiger partial charge is 0.219 e. The van der Waals surface area contributed by atoms with Crippen molar-refractivity contribution in [1.29, 1.82) is 0 Å². The van der Waals surface area contributed by atoms with Crippen molar-refractivity contribution in [1.82, 2.24) is 15.1 Å². The predicted octanol–water partition coefficient (Wildman–Crippen LogP) is 1.85. The highest BCUT2D eigenvalue weighted by molar-refractivity contribution is 5.73. The molecule has 2 saturated heterocycles. The van der Waals surface area contributed by atoms with E-state index in [4.69, 9.17) is 0 Å². The number of hydrogen-bond acceptors (Lipinski definition) is 3. The zero-order valence-electron chi connectivity index (χ0n) is 13.2. The van der Waals surface area contributed by atoms with Gasteiger partial charge >= 0.3 is 0 Å². The van der Waals surface area contributed by atoms with E-state index in [1.54, 1.807) is 6.92 Å². The van der Waals surface area contributed by atoms with Gasteiger partial charge in [-0.3, -0.25) is 4.79 Å². The minimum absolute atomic E-state index is 0.230. The van der Waals surface area contributed by atoms with Gasteiger partial charge in [0.05, 0.1) is 0 Å². The molecule has 20 heavy (non-hydrogen) atoms. The van der Waals surface area contributed by atoms with Gasteiger partial charge in [0.25, 0.3) is 0 Å². The lowest BCUT2D eigenvalue weighted by atomic mass is 10.0. The number of amides is 1. The third-order valence-corrected chi connectivity index (χ3v) is 4.77. The molecule has 4 nitrogen and oxygen atoms in total. The molecule has 2 aliphatic heterocycles. The van der Waals surface area contributed by atoms with Crippen molar-refractivity contribution >= 4 is 5.91 Å². The van der Waals surface area contributed by atoms with Crippen molar-refractivity contribution in [2.75, 3.05) is 32.7 Å². The molecule has 2 rings (SSSR count). The Balaban J connectivity index is 1.70. The fourth-order valence-corrected chi connectivity index (χ4v) is 3.56. The topological polar surface area (TPSA) is 35.6 Å². The van der Waals surface area contributed by atoms with Gasteiger partial charge in [0, 0.05) is 32.1 Å². The van der Waals surface area contributed by atoms with Crippen molar-refractivity contribution in [3.63, 3.8) is 0 Å². The van der Waals surface area contributed by atoms with E-state index in [1.807, 2.05) is 4.90 Å². The van der Waals surface area contributed by atoms with Crippen LogP contribution in [0.4, 0.5) is 0 Å². The van der Waals surface area contributed by atoms with Crippen LogP contribution in [0.1, 0.15) is 52.4 Å². The molecule has 116 valence electrons. The summed E-state index contributed by atoms with van der Waals surface area (Å²) >= 11 is 0. The van der Waals surface area contributed by atoms with Crippen molar-refractivity contribution in [2.24, 2.45) is 0 Å². The number of piperidine rings is 1. The second-order valence-corrected chi connectivity index (χ2v) is 6.42. The Labute approximate surface area is 123 Å². The number of nitrogens with zero attached hydrogens (tertiary/aromatic N) is 2. The predicted molar refractivity (Wildman–Crippen MR) is 82.8 cm³/mol. The molecule has 0 spiro atoms. The molecule has 4 heteroatoms. The van der Waals surface area contributed by atoms with Gasteiger partial charge in [-0.15, -0.1) is 0 Å². The highest BCUT2D eigenvalue weighted by Crippen LogP contribution is 2.16. The Morgan fingerprint density at radius 3 is 2.35 bits per heavy atom. The van der Waals surface area contributed by atoms with Gasteiger partial charge in [0.1, 0.15) is 0 Å². The van der Waals surface area contributed by atoms with E-state index in [0.29, 0.717) is 12.1 Å². The monoisotopic (exact) mass is 281 g/mol. The first-order valence-corrected chi connectivity index (χ1v) is 8.43. The minimum atomic E-state index is 0.230. The summed E-state index contributed by atoms with van der Waals surface area (Å²) in [5, 5.41) is 3.86. The fraction of sp³-hybridized carbons (Fsp3) is 0.938. The number of carbonyl (C=O) groups is 1. The third-order valence-electron chi connectivity index (χ3n) is 4.77. The van der Waals surface area contributed by atoms with Gasteiger partial charge in [-0.25, -0.2) is 0 Å². The summed E-state index contributed by atoms with van der Waals surface area (Å²) in [6.45, 7) is 9.59. The molecule has 1 atom stereocenters. The van der Waals surface area contributed by atoms with E-state index in [2.05, 4.69) is 17.1 Å². The zero-order valence-corrected chi connectivity index (χ0v) is 13.2. The Kier molecular flexibility index (Phi) is 6.30. The van der Waals surface area contributed by atoms with Crippen LogP contribution in [0.5, 0.6) is 0 Å². The number of carbonyl (C=O) groups excluding carboxylic acids is 1. The standard InChI is InChI=1S/C16H31N3O/c1-3-9-18-10-4-5-15(6-11-18)17-16-7-12-19(13-8-16)14(2)20/h15-17H,3-13H2,1-2H3. The van der Waals surface area contributed by atoms with Gasteiger partial charge in [0.2, 0.25) is 5.91 Å². The molecule has 0 aromatic rings. The highest BCUT2D eigenvalue weighted by Gasteiger charge is 2.24. The number of nitrogens with one attached hydrogen (secondary N) is 1. The SMILES string of the molecule is CCCN1CCCC(NC2CCN(C(C)=O)CC2)CC1. The van der Waals surface area contributed by atoms with Gasteiger partial charge in [-0.05, 0) is 58.2 Å². The zero-order chi connectivity index (χ0) is 14.4. The van der Waals surface area contributed by atoms with Crippen LogP contribution in [0.15, 0.2) is 0 Å². The molecule has 2 fully saturated rings. The van der Waals surface area contributed by atoms with Crippen LogP contribution in [0, 0.1) is 0 Å². The maximum absolute atomic E-state index is 11.3. The molecule has 0 aromatic heterocycles. The molecule has 0 bridgehead atoms. The summed E-state index contributed by atoms with van der Waals surface area (Å²) in [5.74, 6) is 0.230. The second kappa shape index (κ2) is 7.99. The average Bonchev–Trinajstić information content (AvgIpc) is 2.66. The van der Waals surface area contributed by atoms with Crippen molar-refractivity contribution in [3.05, 3.63) is 0 Å². The normalized spacial score (nSPS) is 26.5. The Bertz CT molecular complexity index is 300. The summed E-state index contributed by atoms with van der Waals surface area (Å²) in [4.78, 5) is 15.9. The summed E-state index contributed by atoms with van der Waals surface area (Å²) in [7, 11) is 0. The van der Waals surface area contributed by atoms with Crippen LogP contribution in [0.3, 0.4) is 0 Å². The van der Waals surface area contributed by atoms with Crippen LogP contribution in [-0.4, -0.2) is 60.5 Å². The van der Waals surface area contributed by atoms with Gasteiger partial charge in [-0.1, -0.05) is 6.92 Å². The molecular formula is C16H31N3O. The van der Waals surface area contributed by atoms with Crippen LogP contribution in [-0.2, 0) is 4.79 Å². The molecule has 1 unspecified atom stereocenters. The van der Waals surface area contributed by atoms with Gasteiger partial charge in [-0.2, -0.15) is 0 Å². The lowest BCUT2D eigenvalue weighted by Crippen LogP contribution is -2.47. The van der Waals surface area contributed by atoms with Crippen LogP contribution in [0.25, 0.3) is 0 Å². The fourth-order valence-electron chi connectivity index (χ4n) is 3.56. The maximum atomic E-state index is 11.3. The Morgan fingerprint density at radius 2 is 1.70 bits per heavy atom. The Hall–Kier alpha value is -0.610. The van der Waals surface area contributed by atoms with E-state index in [9.17, 15) is 4.79 Å². The number of hydrogen-bond donors (Lipinski definition) is 1. The van der Waals surface area contributed by atoms with E-state index in [0.717, 1.165) is 25.9 Å². The van der Waals surface area contributed by atoms with E-state index in [-0.39, 0.29) is 5.91 Å². The highest BCUT2D eigenvalue weighted by atomic mass is 16.2. The maximum Gasteiger partial charge on any atom is 0.219 e. The lowest BCUT2D eigenvalue weighted by Gasteiger charge is -2.34. The average molecular weight is 281 g/mol. The Morgan fingerprint density at radius 1 is 1.05 bits per heavy atom.